The van der Waals surface area contributed by atoms with Gasteiger partial charge in [-0.05, 0) is 30.9 Å². The summed E-state index contributed by atoms with van der Waals surface area (Å²) in [5.74, 6) is 0.105. The first-order chi connectivity index (χ1) is 11.1. The summed E-state index contributed by atoms with van der Waals surface area (Å²) in [5.41, 5.74) is 3.47. The molecule has 0 aliphatic rings. The van der Waals surface area contributed by atoms with Gasteiger partial charge in [-0.15, -0.1) is 0 Å². The lowest BCUT2D eigenvalue weighted by molar-refractivity contribution is -0.132. The SMILES string of the molecule is Cc1ccc(CCC(=O)N(C)C(CCO)c2ccccc2)cc1. The molecule has 0 saturated carbocycles. The van der Waals surface area contributed by atoms with Gasteiger partial charge in [0.15, 0.2) is 0 Å². The Morgan fingerprint density at radius 1 is 1.09 bits per heavy atom. The number of aryl methyl sites for hydroxylation is 2. The van der Waals surface area contributed by atoms with E-state index in [4.69, 9.17) is 0 Å². The van der Waals surface area contributed by atoms with Gasteiger partial charge >= 0.3 is 0 Å². The highest BCUT2D eigenvalue weighted by molar-refractivity contribution is 5.76. The van der Waals surface area contributed by atoms with E-state index < -0.39 is 0 Å². The summed E-state index contributed by atoms with van der Waals surface area (Å²) in [4.78, 5) is 14.3. The average Bonchev–Trinajstić information content (AvgIpc) is 2.59. The number of hydrogen-bond acceptors (Lipinski definition) is 2. The van der Waals surface area contributed by atoms with Gasteiger partial charge in [-0.2, -0.15) is 0 Å². The lowest BCUT2D eigenvalue weighted by Crippen LogP contribution is -2.32. The number of carbonyl (C=O) groups excluding carboxylic acids is 1. The molecule has 1 N–H and O–H groups in total. The first-order valence-corrected chi connectivity index (χ1v) is 8.09. The van der Waals surface area contributed by atoms with Crippen molar-refractivity contribution < 1.29 is 9.90 Å². The van der Waals surface area contributed by atoms with Crippen LogP contribution in [0.4, 0.5) is 0 Å². The van der Waals surface area contributed by atoms with Gasteiger partial charge in [0.25, 0.3) is 0 Å². The molecule has 0 aromatic heterocycles. The first-order valence-electron chi connectivity index (χ1n) is 8.09. The van der Waals surface area contributed by atoms with Gasteiger partial charge in [0.2, 0.25) is 5.91 Å². The van der Waals surface area contributed by atoms with Crippen LogP contribution in [0.3, 0.4) is 0 Å². The fourth-order valence-electron chi connectivity index (χ4n) is 2.74. The lowest BCUT2D eigenvalue weighted by atomic mass is 10.0. The molecule has 0 saturated heterocycles. The molecular formula is C20H25NO2. The van der Waals surface area contributed by atoms with E-state index in [0.717, 1.165) is 12.0 Å². The summed E-state index contributed by atoms with van der Waals surface area (Å²) < 4.78 is 0. The van der Waals surface area contributed by atoms with Crippen molar-refractivity contribution in [1.29, 1.82) is 0 Å². The van der Waals surface area contributed by atoms with Gasteiger partial charge < -0.3 is 10.0 Å². The Bertz CT molecular complexity index is 607. The zero-order chi connectivity index (χ0) is 16.7. The summed E-state index contributed by atoms with van der Waals surface area (Å²) in [6, 6.07) is 18.1. The Labute approximate surface area is 138 Å². The van der Waals surface area contributed by atoms with E-state index in [0.29, 0.717) is 12.8 Å². The third-order valence-electron chi connectivity index (χ3n) is 4.20. The first kappa shape index (κ1) is 17.2. The number of amides is 1. The summed E-state index contributed by atoms with van der Waals surface area (Å²) in [6.45, 7) is 2.12. The van der Waals surface area contributed by atoms with Crippen molar-refractivity contribution in [2.75, 3.05) is 13.7 Å². The van der Waals surface area contributed by atoms with Crippen LogP contribution in [-0.2, 0) is 11.2 Å². The van der Waals surface area contributed by atoms with E-state index in [1.165, 1.54) is 11.1 Å². The predicted molar refractivity (Wildman–Crippen MR) is 93.2 cm³/mol. The fourth-order valence-corrected chi connectivity index (χ4v) is 2.74. The van der Waals surface area contributed by atoms with E-state index in [1.807, 2.05) is 37.4 Å². The summed E-state index contributed by atoms with van der Waals surface area (Å²) >= 11 is 0. The minimum atomic E-state index is -0.0771. The third kappa shape index (κ3) is 4.93. The molecule has 1 amide bonds. The molecule has 2 rings (SSSR count). The molecule has 1 unspecified atom stereocenters. The Balaban J connectivity index is 2.00. The van der Waals surface area contributed by atoms with Crippen molar-refractivity contribution in [3.05, 3.63) is 71.3 Å². The number of benzene rings is 2. The standard InChI is InChI=1S/C20H25NO2/c1-16-8-10-17(11-9-16)12-13-20(23)21(2)19(14-15-22)18-6-4-3-5-7-18/h3-11,19,22H,12-15H2,1-2H3. The molecular weight excluding hydrogens is 286 g/mol. The number of rotatable bonds is 7. The van der Waals surface area contributed by atoms with Gasteiger partial charge in [-0.1, -0.05) is 60.2 Å². The predicted octanol–water partition coefficient (Wildman–Crippen LogP) is 3.51. The second kappa shape index (κ2) is 8.49. The van der Waals surface area contributed by atoms with Gasteiger partial charge in [-0.3, -0.25) is 4.79 Å². The monoisotopic (exact) mass is 311 g/mol. The zero-order valence-corrected chi connectivity index (χ0v) is 13.9. The molecule has 2 aromatic carbocycles. The third-order valence-corrected chi connectivity index (χ3v) is 4.20. The van der Waals surface area contributed by atoms with E-state index >= 15 is 0 Å². The van der Waals surface area contributed by atoms with Crippen LogP contribution < -0.4 is 0 Å². The van der Waals surface area contributed by atoms with Crippen LogP contribution in [0, 0.1) is 6.92 Å². The normalized spacial score (nSPS) is 12.0. The van der Waals surface area contributed by atoms with E-state index in [-0.39, 0.29) is 18.6 Å². The van der Waals surface area contributed by atoms with Crippen molar-refractivity contribution in [3.63, 3.8) is 0 Å². The lowest BCUT2D eigenvalue weighted by Gasteiger charge is -2.28. The largest absolute Gasteiger partial charge is 0.396 e. The minimum absolute atomic E-state index is 0.0646. The van der Waals surface area contributed by atoms with Crippen LogP contribution >= 0.6 is 0 Å². The van der Waals surface area contributed by atoms with Crippen molar-refractivity contribution in [2.45, 2.75) is 32.2 Å². The maximum atomic E-state index is 12.5. The van der Waals surface area contributed by atoms with Crippen molar-refractivity contribution in [2.24, 2.45) is 0 Å². The van der Waals surface area contributed by atoms with Crippen LogP contribution in [-0.4, -0.2) is 29.6 Å². The summed E-state index contributed by atoms with van der Waals surface area (Å²) in [7, 11) is 1.82. The number of aliphatic hydroxyl groups excluding tert-OH is 1. The highest BCUT2D eigenvalue weighted by Crippen LogP contribution is 2.23. The second-order valence-corrected chi connectivity index (χ2v) is 5.93. The van der Waals surface area contributed by atoms with Crippen LogP contribution in [0.15, 0.2) is 54.6 Å². The van der Waals surface area contributed by atoms with Gasteiger partial charge in [0.1, 0.15) is 0 Å². The second-order valence-electron chi connectivity index (χ2n) is 5.93. The van der Waals surface area contributed by atoms with Crippen LogP contribution in [0.5, 0.6) is 0 Å². The molecule has 0 aliphatic heterocycles. The number of aliphatic hydroxyl groups is 1. The Kier molecular flexibility index (Phi) is 6.36. The average molecular weight is 311 g/mol. The number of hydrogen-bond donors (Lipinski definition) is 1. The molecule has 2 aromatic rings. The topological polar surface area (TPSA) is 40.5 Å². The van der Waals surface area contributed by atoms with Gasteiger partial charge in [0.05, 0.1) is 6.04 Å². The molecule has 3 nitrogen and oxygen atoms in total. The Morgan fingerprint density at radius 3 is 2.35 bits per heavy atom. The minimum Gasteiger partial charge on any atom is -0.396 e. The fraction of sp³-hybridized carbons (Fsp3) is 0.350. The molecule has 0 heterocycles. The molecule has 3 heteroatoms. The van der Waals surface area contributed by atoms with Crippen molar-refractivity contribution >= 4 is 5.91 Å². The molecule has 23 heavy (non-hydrogen) atoms. The zero-order valence-electron chi connectivity index (χ0n) is 13.9. The highest BCUT2D eigenvalue weighted by atomic mass is 16.3. The molecule has 0 bridgehead atoms. The Hall–Kier alpha value is -2.13. The molecule has 0 radical (unpaired) electrons. The molecule has 0 aliphatic carbocycles. The number of carbonyl (C=O) groups is 1. The van der Waals surface area contributed by atoms with Crippen molar-refractivity contribution in [1.82, 2.24) is 4.90 Å². The molecule has 1 atom stereocenters. The van der Waals surface area contributed by atoms with Crippen molar-refractivity contribution in [3.8, 4) is 0 Å². The van der Waals surface area contributed by atoms with Crippen LogP contribution in [0.25, 0.3) is 0 Å². The van der Waals surface area contributed by atoms with Crippen LogP contribution in [0.1, 0.15) is 35.6 Å². The molecule has 0 fully saturated rings. The van der Waals surface area contributed by atoms with E-state index in [2.05, 4.69) is 31.2 Å². The smallest absolute Gasteiger partial charge is 0.223 e. The highest BCUT2D eigenvalue weighted by Gasteiger charge is 2.20. The van der Waals surface area contributed by atoms with Crippen LogP contribution in [0.2, 0.25) is 0 Å². The van der Waals surface area contributed by atoms with Gasteiger partial charge in [0, 0.05) is 20.1 Å². The summed E-state index contributed by atoms with van der Waals surface area (Å²) in [6.07, 6.45) is 1.77. The summed E-state index contributed by atoms with van der Waals surface area (Å²) in [5, 5.41) is 9.32. The molecule has 122 valence electrons. The van der Waals surface area contributed by atoms with Gasteiger partial charge in [-0.25, -0.2) is 0 Å². The Morgan fingerprint density at radius 2 is 1.74 bits per heavy atom. The molecule has 0 spiro atoms. The van der Waals surface area contributed by atoms with E-state index in [1.54, 1.807) is 4.90 Å². The van der Waals surface area contributed by atoms with E-state index in [9.17, 15) is 9.90 Å². The maximum Gasteiger partial charge on any atom is 0.223 e. The maximum absolute atomic E-state index is 12.5. The number of nitrogens with zero attached hydrogens (tertiary/aromatic N) is 1. The quantitative estimate of drug-likeness (QED) is 0.850.